The number of aromatic carboxylic acids is 1. The molecule has 2 amide bonds. The van der Waals surface area contributed by atoms with E-state index in [1.165, 1.54) is 19.3 Å². The predicted molar refractivity (Wildman–Crippen MR) is 79.8 cm³/mol. The van der Waals surface area contributed by atoms with E-state index in [0.717, 1.165) is 17.7 Å². The topological polar surface area (TPSA) is 69.6 Å². The van der Waals surface area contributed by atoms with Crippen LogP contribution in [-0.4, -0.2) is 29.7 Å². The molecule has 1 saturated carbocycles. The minimum Gasteiger partial charge on any atom is -0.478 e. The van der Waals surface area contributed by atoms with Crippen LogP contribution in [0.25, 0.3) is 0 Å². The standard InChI is InChI=1S/C16H20N2O3/c1-10(11-3-2-4-11)17-16(21)18-8-7-12-5-6-13(15(19)20)9-14(12)18/h5-6,9-11H,2-4,7-8H2,1H3,(H,17,21)(H,19,20). The van der Waals surface area contributed by atoms with Gasteiger partial charge in [0, 0.05) is 18.3 Å². The van der Waals surface area contributed by atoms with Crippen LogP contribution >= 0.6 is 0 Å². The van der Waals surface area contributed by atoms with E-state index in [4.69, 9.17) is 5.11 Å². The zero-order chi connectivity index (χ0) is 15.0. The highest BCUT2D eigenvalue weighted by molar-refractivity contribution is 5.97. The van der Waals surface area contributed by atoms with E-state index in [1.54, 1.807) is 23.1 Å². The molecule has 5 nitrogen and oxygen atoms in total. The molecule has 0 bridgehead atoms. The number of fused-ring (bicyclic) bond motifs is 1. The number of nitrogens with one attached hydrogen (secondary N) is 1. The van der Waals surface area contributed by atoms with Crippen LogP contribution in [0.4, 0.5) is 10.5 Å². The summed E-state index contributed by atoms with van der Waals surface area (Å²) in [5.74, 6) is -0.380. The fourth-order valence-electron chi connectivity index (χ4n) is 3.05. The van der Waals surface area contributed by atoms with Gasteiger partial charge in [0.15, 0.2) is 0 Å². The molecule has 5 heteroatoms. The predicted octanol–water partition coefficient (Wildman–Crippen LogP) is 2.65. The first-order valence-electron chi connectivity index (χ1n) is 7.50. The van der Waals surface area contributed by atoms with Crippen molar-refractivity contribution in [2.45, 2.75) is 38.6 Å². The van der Waals surface area contributed by atoms with Crippen LogP contribution in [0.2, 0.25) is 0 Å². The Kier molecular flexibility index (Phi) is 3.57. The summed E-state index contributed by atoms with van der Waals surface area (Å²) in [6.07, 6.45) is 4.39. The number of hydrogen-bond acceptors (Lipinski definition) is 2. The molecule has 112 valence electrons. The van der Waals surface area contributed by atoms with Gasteiger partial charge < -0.3 is 10.4 Å². The third-order valence-electron chi connectivity index (χ3n) is 4.68. The van der Waals surface area contributed by atoms with E-state index >= 15 is 0 Å². The first-order chi connectivity index (χ1) is 10.1. The van der Waals surface area contributed by atoms with Crippen molar-refractivity contribution in [2.24, 2.45) is 5.92 Å². The first-order valence-corrected chi connectivity index (χ1v) is 7.50. The lowest BCUT2D eigenvalue weighted by Crippen LogP contribution is -2.47. The largest absolute Gasteiger partial charge is 0.478 e. The van der Waals surface area contributed by atoms with Crippen molar-refractivity contribution in [3.8, 4) is 0 Å². The quantitative estimate of drug-likeness (QED) is 0.898. The number of benzene rings is 1. The third kappa shape index (κ3) is 2.60. The minimum absolute atomic E-state index is 0.115. The van der Waals surface area contributed by atoms with Gasteiger partial charge in [-0.05, 0) is 49.8 Å². The van der Waals surface area contributed by atoms with Crippen LogP contribution < -0.4 is 10.2 Å². The van der Waals surface area contributed by atoms with Gasteiger partial charge in [-0.1, -0.05) is 12.5 Å². The summed E-state index contributed by atoms with van der Waals surface area (Å²) < 4.78 is 0. The lowest BCUT2D eigenvalue weighted by atomic mass is 9.80. The maximum absolute atomic E-state index is 12.4. The van der Waals surface area contributed by atoms with Crippen LogP contribution in [-0.2, 0) is 6.42 Å². The van der Waals surface area contributed by atoms with Crippen molar-refractivity contribution in [3.63, 3.8) is 0 Å². The molecule has 1 atom stereocenters. The van der Waals surface area contributed by atoms with Gasteiger partial charge in [0.1, 0.15) is 0 Å². The number of rotatable bonds is 3. The smallest absolute Gasteiger partial charge is 0.335 e. The highest BCUT2D eigenvalue weighted by atomic mass is 16.4. The number of carboxylic acids is 1. The van der Waals surface area contributed by atoms with Crippen LogP contribution in [0.1, 0.15) is 42.1 Å². The van der Waals surface area contributed by atoms with Gasteiger partial charge in [0.05, 0.1) is 5.56 Å². The number of carbonyl (C=O) groups excluding carboxylic acids is 1. The molecule has 1 heterocycles. The molecule has 0 saturated heterocycles. The molecule has 1 aliphatic carbocycles. The summed E-state index contributed by atoms with van der Waals surface area (Å²) in [6, 6.07) is 5.06. The molecule has 1 aromatic carbocycles. The summed E-state index contributed by atoms with van der Waals surface area (Å²) in [4.78, 5) is 25.1. The van der Waals surface area contributed by atoms with Gasteiger partial charge in [-0.2, -0.15) is 0 Å². The fourth-order valence-corrected chi connectivity index (χ4v) is 3.05. The van der Waals surface area contributed by atoms with Crippen molar-refractivity contribution in [3.05, 3.63) is 29.3 Å². The highest BCUT2D eigenvalue weighted by Crippen LogP contribution is 2.31. The summed E-state index contributed by atoms with van der Waals surface area (Å²) in [5.41, 5.74) is 1.99. The van der Waals surface area contributed by atoms with Gasteiger partial charge in [0.25, 0.3) is 0 Å². The Labute approximate surface area is 123 Å². The molecule has 21 heavy (non-hydrogen) atoms. The summed E-state index contributed by atoms with van der Waals surface area (Å²) in [6.45, 7) is 2.66. The number of hydrogen-bond donors (Lipinski definition) is 2. The van der Waals surface area contributed by atoms with Gasteiger partial charge in [-0.25, -0.2) is 9.59 Å². The second-order valence-corrected chi connectivity index (χ2v) is 5.98. The minimum atomic E-state index is -0.965. The first kappa shape index (κ1) is 13.9. The molecular weight excluding hydrogens is 268 g/mol. The molecule has 1 aliphatic heterocycles. The van der Waals surface area contributed by atoms with E-state index in [1.807, 2.05) is 6.92 Å². The Morgan fingerprint density at radius 3 is 2.76 bits per heavy atom. The van der Waals surface area contributed by atoms with E-state index in [9.17, 15) is 9.59 Å². The van der Waals surface area contributed by atoms with Gasteiger partial charge >= 0.3 is 12.0 Å². The number of urea groups is 1. The molecule has 0 aromatic heterocycles. The Bertz CT molecular complexity index is 581. The molecule has 0 spiro atoms. The molecule has 2 aliphatic rings. The lowest BCUT2D eigenvalue weighted by molar-refractivity contribution is 0.0697. The summed E-state index contributed by atoms with van der Waals surface area (Å²) >= 11 is 0. The maximum atomic E-state index is 12.4. The van der Waals surface area contributed by atoms with E-state index in [-0.39, 0.29) is 17.6 Å². The number of carbonyl (C=O) groups is 2. The van der Waals surface area contributed by atoms with E-state index < -0.39 is 5.97 Å². The van der Waals surface area contributed by atoms with Crippen molar-refractivity contribution < 1.29 is 14.7 Å². The Balaban J connectivity index is 1.74. The SMILES string of the molecule is CC(NC(=O)N1CCc2ccc(C(=O)O)cc21)C1CCC1. The molecule has 1 unspecified atom stereocenters. The molecule has 2 N–H and O–H groups in total. The van der Waals surface area contributed by atoms with E-state index in [2.05, 4.69) is 5.32 Å². The average molecular weight is 288 g/mol. The average Bonchev–Trinajstić information content (AvgIpc) is 2.78. The molecular formula is C16H20N2O3. The maximum Gasteiger partial charge on any atom is 0.335 e. The van der Waals surface area contributed by atoms with Crippen LogP contribution in [0, 0.1) is 5.92 Å². The number of anilines is 1. The molecule has 0 radical (unpaired) electrons. The Morgan fingerprint density at radius 2 is 2.14 bits per heavy atom. The number of nitrogens with zero attached hydrogens (tertiary/aromatic N) is 1. The zero-order valence-electron chi connectivity index (χ0n) is 12.1. The third-order valence-corrected chi connectivity index (χ3v) is 4.68. The van der Waals surface area contributed by atoms with Crippen LogP contribution in [0.5, 0.6) is 0 Å². The lowest BCUT2D eigenvalue weighted by Gasteiger charge is -2.33. The van der Waals surface area contributed by atoms with E-state index in [0.29, 0.717) is 12.5 Å². The van der Waals surface area contributed by atoms with Crippen molar-refractivity contribution in [2.75, 3.05) is 11.4 Å². The summed E-state index contributed by atoms with van der Waals surface area (Å²) in [7, 11) is 0. The van der Waals surface area contributed by atoms with Crippen molar-refractivity contribution >= 4 is 17.7 Å². The highest BCUT2D eigenvalue weighted by Gasteiger charge is 2.30. The second-order valence-electron chi connectivity index (χ2n) is 5.98. The number of carboxylic acid groups (broad SMARTS) is 1. The molecule has 1 fully saturated rings. The van der Waals surface area contributed by atoms with Crippen LogP contribution in [0.15, 0.2) is 18.2 Å². The summed E-state index contributed by atoms with van der Waals surface area (Å²) in [5, 5.41) is 12.1. The van der Waals surface area contributed by atoms with Crippen molar-refractivity contribution in [1.29, 1.82) is 0 Å². The normalized spacial score (nSPS) is 18.8. The van der Waals surface area contributed by atoms with Crippen molar-refractivity contribution in [1.82, 2.24) is 5.32 Å². The monoisotopic (exact) mass is 288 g/mol. The Morgan fingerprint density at radius 1 is 1.38 bits per heavy atom. The fraction of sp³-hybridized carbons (Fsp3) is 0.500. The van der Waals surface area contributed by atoms with Gasteiger partial charge in [-0.3, -0.25) is 4.90 Å². The second kappa shape index (κ2) is 5.39. The van der Waals surface area contributed by atoms with Gasteiger partial charge in [-0.15, -0.1) is 0 Å². The molecule has 3 rings (SSSR count). The zero-order valence-corrected chi connectivity index (χ0v) is 12.1. The van der Waals surface area contributed by atoms with Gasteiger partial charge in [0.2, 0.25) is 0 Å². The Hall–Kier alpha value is -2.04. The number of amides is 2. The molecule has 1 aromatic rings. The van der Waals surface area contributed by atoms with Crippen LogP contribution in [0.3, 0.4) is 0 Å².